The molecule has 0 atom stereocenters. The van der Waals surface area contributed by atoms with Crippen molar-refractivity contribution in [1.82, 2.24) is 9.97 Å². The quantitative estimate of drug-likeness (QED) is 0.723. The number of hydrogen-bond donors (Lipinski definition) is 2. The second kappa shape index (κ2) is 6.00. The number of halogens is 1. The molecule has 6 nitrogen and oxygen atoms in total. The summed E-state index contributed by atoms with van der Waals surface area (Å²) in [6.45, 7) is 0. The number of H-pyrrole nitrogens is 1. The molecule has 0 unspecified atom stereocenters. The summed E-state index contributed by atoms with van der Waals surface area (Å²) in [5.74, 6) is 2.25. The van der Waals surface area contributed by atoms with E-state index in [4.69, 9.17) is 14.2 Å². The number of fused-ring (bicyclic) bond motifs is 1. The predicted molar refractivity (Wildman–Crippen MR) is 90.6 cm³/mol. The summed E-state index contributed by atoms with van der Waals surface area (Å²) in [5, 5.41) is 10.1. The van der Waals surface area contributed by atoms with Crippen LogP contribution in [0.1, 0.15) is 0 Å². The minimum absolute atomic E-state index is 0.0283. The van der Waals surface area contributed by atoms with E-state index in [1.165, 1.54) is 7.11 Å². The van der Waals surface area contributed by atoms with Crippen LogP contribution < -0.4 is 14.2 Å². The maximum absolute atomic E-state index is 10.1. The van der Waals surface area contributed by atoms with Gasteiger partial charge in [-0.05, 0) is 28.1 Å². The van der Waals surface area contributed by atoms with Gasteiger partial charge in [-0.3, -0.25) is 0 Å². The lowest BCUT2D eigenvalue weighted by molar-refractivity contribution is 0.356. The fraction of sp³-hybridized carbons (Fsp3) is 0.188. The van der Waals surface area contributed by atoms with Crippen molar-refractivity contribution >= 4 is 27.0 Å². The molecule has 0 amide bonds. The number of ether oxygens (including phenoxy) is 3. The van der Waals surface area contributed by atoms with Crippen LogP contribution in [0.15, 0.2) is 28.7 Å². The standard InChI is InChI=1S/C16H15BrN2O4/c1-21-11-5-4-8(14(17)15(11)20)16-18-9-6-12(22-2)13(23-3)7-10(9)19-16/h4-7,20H,1-3H3,(H,18,19). The molecule has 23 heavy (non-hydrogen) atoms. The van der Waals surface area contributed by atoms with Crippen LogP contribution in [0.25, 0.3) is 22.4 Å². The SMILES string of the molecule is COc1cc2nc(-c3ccc(OC)c(O)c3Br)[nH]c2cc1OC. The number of nitrogens with zero attached hydrogens (tertiary/aromatic N) is 1. The monoisotopic (exact) mass is 378 g/mol. The van der Waals surface area contributed by atoms with Crippen molar-refractivity contribution in [3.8, 4) is 34.4 Å². The molecule has 3 rings (SSSR count). The molecule has 1 aromatic heterocycles. The van der Waals surface area contributed by atoms with Gasteiger partial charge in [-0.15, -0.1) is 0 Å². The van der Waals surface area contributed by atoms with Crippen molar-refractivity contribution in [2.24, 2.45) is 0 Å². The van der Waals surface area contributed by atoms with Crippen molar-refractivity contribution in [2.75, 3.05) is 21.3 Å². The predicted octanol–water partition coefficient (Wildman–Crippen LogP) is 3.72. The number of aromatic nitrogens is 2. The number of benzene rings is 2. The summed E-state index contributed by atoms with van der Waals surface area (Å²) in [5.41, 5.74) is 2.26. The Hall–Kier alpha value is -2.41. The Balaban J connectivity index is 2.16. The van der Waals surface area contributed by atoms with Gasteiger partial charge >= 0.3 is 0 Å². The number of aromatic hydroxyl groups is 1. The summed E-state index contributed by atoms with van der Waals surface area (Å²) < 4.78 is 16.2. The minimum Gasteiger partial charge on any atom is -0.503 e. The highest BCUT2D eigenvalue weighted by Crippen LogP contribution is 2.41. The van der Waals surface area contributed by atoms with Gasteiger partial charge in [0, 0.05) is 17.7 Å². The Morgan fingerprint density at radius 3 is 2.30 bits per heavy atom. The molecule has 0 bridgehead atoms. The van der Waals surface area contributed by atoms with Crippen LogP contribution in [0.3, 0.4) is 0 Å². The van der Waals surface area contributed by atoms with Crippen LogP contribution in [0.5, 0.6) is 23.0 Å². The number of phenols is 1. The Bertz CT molecular complexity index is 835. The van der Waals surface area contributed by atoms with Crippen LogP contribution in [0.2, 0.25) is 0 Å². The van der Waals surface area contributed by atoms with E-state index in [2.05, 4.69) is 25.9 Å². The van der Waals surface area contributed by atoms with E-state index in [0.29, 0.717) is 27.5 Å². The van der Waals surface area contributed by atoms with Gasteiger partial charge in [0.05, 0.1) is 36.8 Å². The molecule has 0 fully saturated rings. The van der Waals surface area contributed by atoms with Crippen molar-refractivity contribution in [3.05, 3.63) is 28.7 Å². The van der Waals surface area contributed by atoms with Gasteiger partial charge in [-0.2, -0.15) is 0 Å². The first-order valence-corrected chi connectivity index (χ1v) is 7.56. The van der Waals surface area contributed by atoms with Gasteiger partial charge in [0.2, 0.25) is 0 Å². The molecule has 1 heterocycles. The van der Waals surface area contributed by atoms with Gasteiger partial charge < -0.3 is 24.3 Å². The molecule has 3 aromatic rings. The average molecular weight is 379 g/mol. The van der Waals surface area contributed by atoms with Gasteiger partial charge in [0.1, 0.15) is 5.82 Å². The smallest absolute Gasteiger partial charge is 0.172 e. The van der Waals surface area contributed by atoms with E-state index in [1.807, 2.05) is 12.1 Å². The van der Waals surface area contributed by atoms with Crippen LogP contribution in [0.4, 0.5) is 0 Å². The molecule has 0 saturated carbocycles. The van der Waals surface area contributed by atoms with Crippen molar-refractivity contribution in [2.45, 2.75) is 0 Å². The molecule has 120 valence electrons. The largest absolute Gasteiger partial charge is 0.503 e. The van der Waals surface area contributed by atoms with Crippen molar-refractivity contribution in [3.63, 3.8) is 0 Å². The third kappa shape index (κ3) is 2.57. The summed E-state index contributed by atoms with van der Waals surface area (Å²) in [6, 6.07) is 7.12. The average Bonchev–Trinajstić information content (AvgIpc) is 2.98. The molecule has 0 spiro atoms. The first kappa shape index (κ1) is 15.5. The lowest BCUT2D eigenvalue weighted by atomic mass is 10.2. The maximum atomic E-state index is 10.1. The van der Waals surface area contributed by atoms with Crippen molar-refractivity contribution < 1.29 is 19.3 Å². The van der Waals surface area contributed by atoms with E-state index >= 15 is 0 Å². The zero-order valence-electron chi connectivity index (χ0n) is 12.8. The van der Waals surface area contributed by atoms with E-state index < -0.39 is 0 Å². The fourth-order valence-electron chi connectivity index (χ4n) is 2.36. The Labute approximate surface area is 141 Å². The van der Waals surface area contributed by atoms with Gasteiger partial charge in [0.15, 0.2) is 23.0 Å². The summed E-state index contributed by atoms with van der Waals surface area (Å²) in [6.07, 6.45) is 0. The number of phenolic OH excluding ortho intramolecular Hbond substituents is 1. The zero-order chi connectivity index (χ0) is 16.6. The summed E-state index contributed by atoms with van der Waals surface area (Å²) in [4.78, 5) is 7.77. The lowest BCUT2D eigenvalue weighted by Gasteiger charge is -2.08. The second-order valence-corrected chi connectivity index (χ2v) is 5.58. The Morgan fingerprint density at radius 2 is 1.65 bits per heavy atom. The maximum Gasteiger partial charge on any atom is 0.172 e. The first-order chi connectivity index (χ1) is 11.1. The number of imidazole rings is 1. The van der Waals surface area contributed by atoms with E-state index in [9.17, 15) is 5.11 Å². The van der Waals surface area contributed by atoms with Crippen LogP contribution in [0, 0.1) is 0 Å². The van der Waals surface area contributed by atoms with Gasteiger partial charge in [-0.1, -0.05) is 0 Å². The molecule has 2 aromatic carbocycles. The first-order valence-electron chi connectivity index (χ1n) is 6.76. The van der Waals surface area contributed by atoms with Crippen molar-refractivity contribution in [1.29, 1.82) is 0 Å². The van der Waals surface area contributed by atoms with E-state index in [-0.39, 0.29) is 5.75 Å². The molecular formula is C16H15BrN2O4. The molecule has 0 aliphatic carbocycles. The van der Waals surface area contributed by atoms with Gasteiger partial charge in [0.25, 0.3) is 0 Å². The van der Waals surface area contributed by atoms with Crippen LogP contribution in [-0.4, -0.2) is 36.4 Å². The molecule has 0 radical (unpaired) electrons. The minimum atomic E-state index is 0.0283. The molecular weight excluding hydrogens is 364 g/mol. The lowest BCUT2D eigenvalue weighted by Crippen LogP contribution is -1.89. The van der Waals surface area contributed by atoms with Gasteiger partial charge in [-0.25, -0.2) is 4.98 Å². The van der Waals surface area contributed by atoms with Crippen LogP contribution in [-0.2, 0) is 0 Å². The fourth-order valence-corrected chi connectivity index (χ4v) is 2.87. The number of hydrogen-bond acceptors (Lipinski definition) is 5. The second-order valence-electron chi connectivity index (χ2n) is 4.79. The number of methoxy groups -OCH3 is 3. The number of aromatic amines is 1. The van der Waals surface area contributed by atoms with E-state index in [1.54, 1.807) is 26.4 Å². The Morgan fingerprint density at radius 1 is 1.00 bits per heavy atom. The molecule has 0 saturated heterocycles. The number of rotatable bonds is 4. The highest BCUT2D eigenvalue weighted by atomic mass is 79.9. The third-order valence-corrected chi connectivity index (χ3v) is 4.34. The summed E-state index contributed by atoms with van der Waals surface area (Å²) in [7, 11) is 4.66. The molecule has 2 N–H and O–H groups in total. The molecule has 0 aliphatic heterocycles. The van der Waals surface area contributed by atoms with E-state index in [0.717, 1.165) is 16.6 Å². The zero-order valence-corrected chi connectivity index (χ0v) is 14.4. The highest BCUT2D eigenvalue weighted by Gasteiger charge is 2.16. The number of nitrogens with one attached hydrogen (secondary N) is 1. The highest BCUT2D eigenvalue weighted by molar-refractivity contribution is 9.10. The molecule has 7 heteroatoms. The third-order valence-electron chi connectivity index (χ3n) is 3.54. The topological polar surface area (TPSA) is 76.6 Å². The Kier molecular flexibility index (Phi) is 4.04. The van der Waals surface area contributed by atoms with Crippen LogP contribution >= 0.6 is 15.9 Å². The molecule has 0 aliphatic rings. The normalized spacial score (nSPS) is 10.8. The summed E-state index contributed by atoms with van der Waals surface area (Å²) >= 11 is 3.38.